The maximum Gasteiger partial charge on any atom is 0.375 e. The summed E-state index contributed by atoms with van der Waals surface area (Å²) < 4.78 is 39.2. The number of furan rings is 1. The van der Waals surface area contributed by atoms with Gasteiger partial charge in [-0.05, 0) is 45.4 Å². The molecule has 1 aromatic heterocycles. The van der Waals surface area contributed by atoms with Crippen molar-refractivity contribution in [3.63, 3.8) is 0 Å². The van der Waals surface area contributed by atoms with E-state index < -0.39 is 33.9 Å². The minimum Gasteiger partial charge on any atom is -0.494 e. The van der Waals surface area contributed by atoms with Gasteiger partial charge in [-0.25, -0.2) is 13.2 Å². The lowest BCUT2D eigenvalue weighted by molar-refractivity contribution is -0.129. The molecule has 0 spiro atoms. The Bertz CT molecular complexity index is 1010. The van der Waals surface area contributed by atoms with E-state index in [2.05, 4.69) is 5.32 Å². The van der Waals surface area contributed by atoms with E-state index in [1.54, 1.807) is 25.1 Å². The first kappa shape index (κ1) is 20.2. The van der Waals surface area contributed by atoms with E-state index in [0.29, 0.717) is 29.9 Å². The molecular formula is C19H23NO7S. The molecule has 0 radical (unpaired) electrons. The first-order valence-electron chi connectivity index (χ1n) is 9.08. The van der Waals surface area contributed by atoms with Gasteiger partial charge in [-0.2, -0.15) is 0 Å². The molecule has 0 saturated carbocycles. The lowest BCUT2D eigenvalue weighted by Crippen LogP contribution is -2.42. The van der Waals surface area contributed by atoms with Gasteiger partial charge in [-0.1, -0.05) is 0 Å². The number of carbonyl (C=O) groups excluding carboxylic acids is 2. The first-order chi connectivity index (χ1) is 13.2. The van der Waals surface area contributed by atoms with Crippen molar-refractivity contribution in [2.24, 2.45) is 0 Å². The van der Waals surface area contributed by atoms with Crippen LogP contribution in [0.1, 0.15) is 36.4 Å². The molecule has 0 aliphatic carbocycles. The Hall–Kier alpha value is -2.55. The Balaban J connectivity index is 1.68. The van der Waals surface area contributed by atoms with E-state index in [1.165, 1.54) is 6.92 Å². The number of benzene rings is 1. The second-order valence-electron chi connectivity index (χ2n) is 6.80. The zero-order valence-electron chi connectivity index (χ0n) is 16.0. The summed E-state index contributed by atoms with van der Waals surface area (Å²) in [6.07, 6.45) is -0.720. The number of amides is 1. The summed E-state index contributed by atoms with van der Waals surface area (Å²) in [6, 6.07) is 4.78. The molecular weight excluding hydrogens is 386 g/mol. The molecule has 1 aliphatic rings. The summed E-state index contributed by atoms with van der Waals surface area (Å²) in [4.78, 5) is 24.7. The van der Waals surface area contributed by atoms with Crippen LogP contribution in [0.25, 0.3) is 11.0 Å². The maximum absolute atomic E-state index is 12.5. The molecule has 8 nitrogen and oxygen atoms in total. The first-order valence-corrected chi connectivity index (χ1v) is 10.9. The Morgan fingerprint density at radius 3 is 2.75 bits per heavy atom. The summed E-state index contributed by atoms with van der Waals surface area (Å²) >= 11 is 0. The highest BCUT2D eigenvalue weighted by Crippen LogP contribution is 2.29. The van der Waals surface area contributed by atoms with Crippen molar-refractivity contribution in [3.05, 3.63) is 29.5 Å². The van der Waals surface area contributed by atoms with Gasteiger partial charge >= 0.3 is 5.97 Å². The highest BCUT2D eigenvalue weighted by molar-refractivity contribution is 7.91. The van der Waals surface area contributed by atoms with Crippen molar-refractivity contribution >= 4 is 32.7 Å². The predicted molar refractivity (Wildman–Crippen MR) is 102 cm³/mol. The van der Waals surface area contributed by atoms with Crippen LogP contribution < -0.4 is 10.1 Å². The number of sulfone groups is 1. The predicted octanol–water partition coefficient (Wildman–Crippen LogP) is 1.99. The monoisotopic (exact) mass is 409 g/mol. The fraction of sp³-hybridized carbons (Fsp3) is 0.474. The van der Waals surface area contributed by atoms with E-state index in [4.69, 9.17) is 13.9 Å². The van der Waals surface area contributed by atoms with Crippen molar-refractivity contribution in [1.82, 2.24) is 5.32 Å². The molecule has 2 atom stereocenters. The van der Waals surface area contributed by atoms with Crippen LogP contribution in [-0.4, -0.2) is 50.6 Å². The van der Waals surface area contributed by atoms with Gasteiger partial charge in [0.15, 0.2) is 15.9 Å². The van der Waals surface area contributed by atoms with E-state index in [9.17, 15) is 18.0 Å². The molecule has 28 heavy (non-hydrogen) atoms. The Labute approximate surface area is 163 Å². The second-order valence-corrected chi connectivity index (χ2v) is 9.03. The minimum absolute atomic E-state index is 0.0201. The number of nitrogens with one attached hydrogen (secondary N) is 1. The van der Waals surface area contributed by atoms with E-state index in [1.807, 2.05) is 6.92 Å². The largest absolute Gasteiger partial charge is 0.494 e. The van der Waals surface area contributed by atoms with Gasteiger partial charge < -0.3 is 19.2 Å². The van der Waals surface area contributed by atoms with Crippen LogP contribution in [-0.2, 0) is 19.4 Å². The summed E-state index contributed by atoms with van der Waals surface area (Å²) in [5, 5.41) is 3.34. The highest BCUT2D eigenvalue weighted by atomic mass is 32.2. The summed E-state index contributed by atoms with van der Waals surface area (Å²) in [5.74, 6) is -0.654. The van der Waals surface area contributed by atoms with Crippen LogP contribution in [0.3, 0.4) is 0 Å². The van der Waals surface area contributed by atoms with Gasteiger partial charge in [0.25, 0.3) is 5.91 Å². The molecule has 3 rings (SSSR count). The van der Waals surface area contributed by atoms with Crippen molar-refractivity contribution < 1.29 is 31.9 Å². The minimum atomic E-state index is -3.11. The normalized spacial score (nSPS) is 19.3. The van der Waals surface area contributed by atoms with Gasteiger partial charge in [-0.15, -0.1) is 0 Å². The Morgan fingerprint density at radius 1 is 1.36 bits per heavy atom. The van der Waals surface area contributed by atoms with E-state index in [-0.39, 0.29) is 17.3 Å². The molecule has 152 valence electrons. The molecule has 2 aromatic rings. The van der Waals surface area contributed by atoms with Crippen LogP contribution in [0.5, 0.6) is 5.75 Å². The SMILES string of the molecule is CCOc1ccc2oc(C(=O)O[C@@H](C)C(=O)N[C@@H]3CCS(=O)(=O)C3)c(C)c2c1. The van der Waals surface area contributed by atoms with Crippen LogP contribution in [0, 0.1) is 6.92 Å². The molecule has 1 saturated heterocycles. The smallest absolute Gasteiger partial charge is 0.375 e. The number of rotatable bonds is 6. The van der Waals surface area contributed by atoms with Crippen LogP contribution in [0.4, 0.5) is 0 Å². The quantitative estimate of drug-likeness (QED) is 0.726. The second kappa shape index (κ2) is 7.83. The molecule has 0 unspecified atom stereocenters. The summed E-state index contributed by atoms with van der Waals surface area (Å²) in [5.41, 5.74) is 1.11. The van der Waals surface area contributed by atoms with Crippen molar-refractivity contribution in [3.8, 4) is 5.75 Å². The van der Waals surface area contributed by atoms with E-state index >= 15 is 0 Å². The number of fused-ring (bicyclic) bond motifs is 1. The maximum atomic E-state index is 12.5. The van der Waals surface area contributed by atoms with Crippen LogP contribution >= 0.6 is 0 Å². The molecule has 0 bridgehead atoms. The third-order valence-corrected chi connectivity index (χ3v) is 6.40. The third kappa shape index (κ3) is 4.30. The molecule has 9 heteroatoms. The Morgan fingerprint density at radius 2 is 2.11 bits per heavy atom. The standard InChI is InChI=1S/C19H23NO7S/c1-4-25-14-5-6-16-15(9-14)11(2)17(27-16)19(22)26-12(3)18(21)20-13-7-8-28(23,24)10-13/h5-6,9,12-13H,4,7-8,10H2,1-3H3,(H,20,21)/t12-,13+/m0/s1. The van der Waals surface area contributed by atoms with Crippen molar-refractivity contribution in [2.45, 2.75) is 39.3 Å². The summed E-state index contributed by atoms with van der Waals surface area (Å²) in [7, 11) is -3.11. The number of esters is 1. The van der Waals surface area contributed by atoms with Crippen molar-refractivity contribution in [2.75, 3.05) is 18.1 Å². The topological polar surface area (TPSA) is 112 Å². The molecule has 1 aliphatic heterocycles. The van der Waals surface area contributed by atoms with Gasteiger partial charge in [0.1, 0.15) is 11.3 Å². The van der Waals surface area contributed by atoms with Crippen molar-refractivity contribution in [1.29, 1.82) is 0 Å². The average molecular weight is 409 g/mol. The fourth-order valence-electron chi connectivity index (χ4n) is 3.15. The molecule has 1 fully saturated rings. The lowest BCUT2D eigenvalue weighted by atomic mass is 10.1. The third-order valence-electron chi connectivity index (χ3n) is 4.64. The van der Waals surface area contributed by atoms with E-state index in [0.717, 1.165) is 5.39 Å². The van der Waals surface area contributed by atoms with Gasteiger partial charge in [0.05, 0.1) is 18.1 Å². The van der Waals surface area contributed by atoms with Gasteiger partial charge in [0, 0.05) is 17.0 Å². The molecule has 1 aromatic carbocycles. The zero-order valence-corrected chi connectivity index (χ0v) is 16.8. The lowest BCUT2D eigenvalue weighted by Gasteiger charge is -2.16. The fourth-order valence-corrected chi connectivity index (χ4v) is 4.82. The molecule has 2 heterocycles. The zero-order chi connectivity index (χ0) is 20.5. The molecule has 1 N–H and O–H groups in total. The molecule has 1 amide bonds. The van der Waals surface area contributed by atoms with Crippen LogP contribution in [0.15, 0.2) is 22.6 Å². The highest BCUT2D eigenvalue weighted by Gasteiger charge is 2.31. The number of hydrogen-bond donors (Lipinski definition) is 1. The average Bonchev–Trinajstić information content (AvgIpc) is 3.14. The number of aryl methyl sites for hydroxylation is 1. The van der Waals surface area contributed by atoms with Gasteiger partial charge in [-0.3, -0.25) is 4.79 Å². The number of ether oxygens (including phenoxy) is 2. The number of carbonyl (C=O) groups is 2. The summed E-state index contributed by atoms with van der Waals surface area (Å²) in [6.45, 7) is 5.56. The Kier molecular flexibility index (Phi) is 5.64. The number of hydrogen-bond acceptors (Lipinski definition) is 7. The van der Waals surface area contributed by atoms with Crippen LogP contribution in [0.2, 0.25) is 0 Å². The van der Waals surface area contributed by atoms with Gasteiger partial charge in [0.2, 0.25) is 5.76 Å².